The Hall–Kier alpha value is -3.27. The molecular formula is C22H25N3O6S. The van der Waals surface area contributed by atoms with Crippen LogP contribution in [-0.4, -0.2) is 51.4 Å². The predicted octanol–water partition coefficient (Wildman–Crippen LogP) is 1.99. The number of anilines is 1. The lowest BCUT2D eigenvalue weighted by Crippen LogP contribution is -2.44. The van der Waals surface area contributed by atoms with E-state index in [1.165, 1.54) is 24.3 Å². The molecule has 2 heterocycles. The first-order valence-corrected chi connectivity index (χ1v) is 11.9. The summed E-state index contributed by atoms with van der Waals surface area (Å²) in [7, 11) is -3.86. The molecule has 0 saturated carbocycles. The molecule has 2 aromatic carbocycles. The molecule has 10 heteroatoms. The molecule has 0 spiro atoms. The third-order valence-corrected chi connectivity index (χ3v) is 6.90. The highest BCUT2D eigenvalue weighted by atomic mass is 32.2. The Bertz CT molecular complexity index is 1120. The molecule has 2 amide bonds. The molecule has 1 saturated heterocycles. The summed E-state index contributed by atoms with van der Waals surface area (Å²) in [5, 5.41) is 0. The maximum Gasteiger partial charge on any atom is 0.262 e. The van der Waals surface area contributed by atoms with E-state index in [2.05, 4.69) is 4.72 Å². The molecule has 0 aromatic heterocycles. The fraction of sp³-hybridized carbons (Fsp3) is 0.364. The Labute approximate surface area is 186 Å². The van der Waals surface area contributed by atoms with Gasteiger partial charge in [0.15, 0.2) is 11.5 Å². The van der Waals surface area contributed by atoms with Gasteiger partial charge in [-0.25, -0.2) is 8.42 Å². The van der Waals surface area contributed by atoms with E-state index in [1.807, 2.05) is 0 Å². The number of rotatable bonds is 5. The minimum atomic E-state index is -3.86. The average molecular weight is 460 g/mol. The second kappa shape index (κ2) is 9.07. The summed E-state index contributed by atoms with van der Waals surface area (Å²) in [6, 6.07) is 10.7. The molecule has 0 radical (unpaired) electrons. The van der Waals surface area contributed by atoms with Gasteiger partial charge in [0.25, 0.3) is 15.9 Å². The molecule has 1 fully saturated rings. The van der Waals surface area contributed by atoms with Gasteiger partial charge in [-0.1, -0.05) is 0 Å². The minimum absolute atomic E-state index is 0.0488. The van der Waals surface area contributed by atoms with Crippen molar-refractivity contribution in [3.63, 3.8) is 0 Å². The van der Waals surface area contributed by atoms with Gasteiger partial charge in [0, 0.05) is 36.8 Å². The largest absolute Gasteiger partial charge is 0.490 e. The highest BCUT2D eigenvalue weighted by Crippen LogP contribution is 2.32. The summed E-state index contributed by atoms with van der Waals surface area (Å²) >= 11 is 0. The molecular weight excluding hydrogens is 434 g/mol. The number of likely N-dealkylation sites (tertiary alicyclic amines) is 1. The Morgan fingerprint density at radius 3 is 2.44 bits per heavy atom. The number of ether oxygens (including phenoxy) is 2. The van der Waals surface area contributed by atoms with Gasteiger partial charge >= 0.3 is 0 Å². The van der Waals surface area contributed by atoms with E-state index >= 15 is 0 Å². The highest BCUT2D eigenvalue weighted by Gasteiger charge is 2.27. The average Bonchev–Trinajstić information content (AvgIpc) is 3.04. The van der Waals surface area contributed by atoms with Crippen LogP contribution in [0.4, 0.5) is 5.69 Å². The lowest BCUT2D eigenvalue weighted by Gasteiger charge is -2.31. The maximum absolute atomic E-state index is 12.8. The van der Waals surface area contributed by atoms with Crippen LogP contribution in [0.5, 0.6) is 11.5 Å². The van der Waals surface area contributed by atoms with E-state index in [9.17, 15) is 18.0 Å². The van der Waals surface area contributed by atoms with Crippen LogP contribution < -0.4 is 19.9 Å². The number of piperidine rings is 1. The van der Waals surface area contributed by atoms with E-state index in [0.29, 0.717) is 61.9 Å². The monoisotopic (exact) mass is 459 g/mol. The van der Waals surface area contributed by atoms with Crippen molar-refractivity contribution in [2.45, 2.75) is 24.2 Å². The Morgan fingerprint density at radius 1 is 1.00 bits per heavy atom. The van der Waals surface area contributed by atoms with Crippen LogP contribution in [0.3, 0.4) is 0 Å². The number of carbonyl (C=O) groups excluding carboxylic acids is 2. The number of benzene rings is 2. The van der Waals surface area contributed by atoms with Crippen molar-refractivity contribution >= 4 is 27.5 Å². The van der Waals surface area contributed by atoms with Gasteiger partial charge in [-0.2, -0.15) is 0 Å². The summed E-state index contributed by atoms with van der Waals surface area (Å²) in [5.74, 6) is -0.0490. The summed E-state index contributed by atoms with van der Waals surface area (Å²) in [6.45, 7) is 1.83. The standard InChI is InChI=1S/C22H25N3O6S/c23-21(26)16-3-1-10-25(14-16)22(27)15-4-6-17(7-5-15)24-32(28,29)18-8-9-19-20(13-18)31-12-2-11-30-19/h4-9,13,16,24H,1-3,10-12,14H2,(H2,23,26)/t16-/m0/s1. The number of primary amides is 1. The number of nitrogens with two attached hydrogens (primary N) is 1. The van der Waals surface area contributed by atoms with Crippen LogP contribution in [-0.2, 0) is 14.8 Å². The molecule has 170 valence electrons. The zero-order valence-corrected chi connectivity index (χ0v) is 18.3. The van der Waals surface area contributed by atoms with Crippen molar-refractivity contribution in [2.75, 3.05) is 31.0 Å². The lowest BCUT2D eigenvalue weighted by atomic mass is 9.97. The van der Waals surface area contributed by atoms with E-state index < -0.39 is 15.9 Å². The second-order valence-electron chi connectivity index (χ2n) is 7.83. The van der Waals surface area contributed by atoms with Gasteiger partial charge in [0.2, 0.25) is 5.91 Å². The van der Waals surface area contributed by atoms with Crippen molar-refractivity contribution < 1.29 is 27.5 Å². The fourth-order valence-electron chi connectivity index (χ4n) is 3.78. The highest BCUT2D eigenvalue weighted by molar-refractivity contribution is 7.92. The molecule has 0 aliphatic carbocycles. The van der Waals surface area contributed by atoms with E-state index in [-0.39, 0.29) is 16.7 Å². The maximum atomic E-state index is 12.8. The van der Waals surface area contributed by atoms with Crippen molar-refractivity contribution in [2.24, 2.45) is 11.7 Å². The molecule has 0 bridgehead atoms. The second-order valence-corrected chi connectivity index (χ2v) is 9.52. The number of hydrogen-bond acceptors (Lipinski definition) is 6. The number of sulfonamides is 1. The van der Waals surface area contributed by atoms with Crippen LogP contribution in [0.2, 0.25) is 0 Å². The zero-order valence-electron chi connectivity index (χ0n) is 17.5. The number of carbonyl (C=O) groups is 2. The van der Waals surface area contributed by atoms with Gasteiger partial charge < -0.3 is 20.1 Å². The van der Waals surface area contributed by atoms with Gasteiger partial charge in [-0.3, -0.25) is 14.3 Å². The zero-order chi connectivity index (χ0) is 22.7. The van der Waals surface area contributed by atoms with Crippen molar-refractivity contribution in [3.8, 4) is 11.5 Å². The van der Waals surface area contributed by atoms with Crippen LogP contribution in [0.15, 0.2) is 47.4 Å². The molecule has 2 aromatic rings. The van der Waals surface area contributed by atoms with E-state index in [4.69, 9.17) is 15.2 Å². The van der Waals surface area contributed by atoms with E-state index in [0.717, 1.165) is 6.42 Å². The van der Waals surface area contributed by atoms with Gasteiger partial charge in [0.05, 0.1) is 24.0 Å². The van der Waals surface area contributed by atoms with Gasteiger partial charge in [0.1, 0.15) is 0 Å². The van der Waals surface area contributed by atoms with Crippen LogP contribution >= 0.6 is 0 Å². The third-order valence-electron chi connectivity index (χ3n) is 5.52. The lowest BCUT2D eigenvalue weighted by molar-refractivity contribution is -0.123. The van der Waals surface area contributed by atoms with Crippen molar-refractivity contribution in [1.29, 1.82) is 0 Å². The number of hydrogen-bond donors (Lipinski definition) is 2. The fourth-order valence-corrected chi connectivity index (χ4v) is 4.86. The van der Waals surface area contributed by atoms with Crippen LogP contribution in [0, 0.1) is 5.92 Å². The van der Waals surface area contributed by atoms with Gasteiger partial charge in [-0.05, 0) is 49.2 Å². The summed E-state index contributed by atoms with van der Waals surface area (Å²) in [5.41, 5.74) is 6.12. The topological polar surface area (TPSA) is 128 Å². The van der Waals surface area contributed by atoms with Crippen LogP contribution in [0.1, 0.15) is 29.6 Å². The predicted molar refractivity (Wildman–Crippen MR) is 117 cm³/mol. The first kappa shape index (κ1) is 21.9. The first-order valence-electron chi connectivity index (χ1n) is 10.4. The molecule has 1 atom stereocenters. The Kier molecular flexibility index (Phi) is 6.22. The quantitative estimate of drug-likeness (QED) is 0.704. The molecule has 3 N–H and O–H groups in total. The third kappa shape index (κ3) is 4.80. The summed E-state index contributed by atoms with van der Waals surface area (Å²) < 4.78 is 39.2. The number of nitrogens with one attached hydrogen (secondary N) is 1. The van der Waals surface area contributed by atoms with E-state index in [1.54, 1.807) is 23.1 Å². The summed E-state index contributed by atoms with van der Waals surface area (Å²) in [6.07, 6.45) is 2.12. The number of amides is 2. The molecule has 32 heavy (non-hydrogen) atoms. The molecule has 9 nitrogen and oxygen atoms in total. The number of nitrogens with zero attached hydrogens (tertiary/aromatic N) is 1. The SMILES string of the molecule is NC(=O)[C@H]1CCCN(C(=O)c2ccc(NS(=O)(=O)c3ccc4c(c3)OCCCO4)cc2)C1. The molecule has 0 unspecified atom stereocenters. The first-order chi connectivity index (χ1) is 15.3. The minimum Gasteiger partial charge on any atom is -0.490 e. The molecule has 2 aliphatic heterocycles. The molecule has 2 aliphatic rings. The van der Waals surface area contributed by atoms with Gasteiger partial charge in [-0.15, -0.1) is 0 Å². The van der Waals surface area contributed by atoms with Crippen molar-refractivity contribution in [1.82, 2.24) is 4.90 Å². The Balaban J connectivity index is 1.46. The normalized spacial score (nSPS) is 18.5. The van der Waals surface area contributed by atoms with Crippen molar-refractivity contribution in [3.05, 3.63) is 48.0 Å². The smallest absolute Gasteiger partial charge is 0.262 e. The summed E-state index contributed by atoms with van der Waals surface area (Å²) in [4.78, 5) is 25.9. The Morgan fingerprint density at radius 2 is 1.72 bits per heavy atom. The number of fused-ring (bicyclic) bond motifs is 1. The molecule has 4 rings (SSSR count). The van der Waals surface area contributed by atoms with Crippen LogP contribution in [0.25, 0.3) is 0 Å².